The molecule has 0 amide bonds. The van der Waals surface area contributed by atoms with Crippen LogP contribution >= 0.6 is 0 Å². The zero-order valence-electron chi connectivity index (χ0n) is 12.9. The number of aromatic nitrogens is 5. The van der Waals surface area contributed by atoms with Crippen molar-refractivity contribution in [3.05, 3.63) is 47.5 Å². The third kappa shape index (κ3) is 2.56. The molecule has 0 bridgehead atoms. The molecular formula is C15H15F2N7. The zero-order valence-corrected chi connectivity index (χ0v) is 12.9. The minimum absolute atomic E-state index is 0.0151. The van der Waals surface area contributed by atoms with Gasteiger partial charge in [0.05, 0.1) is 6.04 Å². The molecule has 1 fully saturated rings. The molecule has 3 aromatic rings. The van der Waals surface area contributed by atoms with E-state index in [1.807, 2.05) is 7.05 Å². The first-order valence-electron chi connectivity index (χ1n) is 7.59. The Labute approximate surface area is 136 Å². The number of halogens is 2. The normalized spacial score (nSPS) is 21.5. The van der Waals surface area contributed by atoms with E-state index in [1.54, 1.807) is 18.2 Å². The number of benzene rings is 1. The molecule has 7 nitrogen and oxygen atoms in total. The van der Waals surface area contributed by atoms with Gasteiger partial charge in [0, 0.05) is 12.6 Å². The SMILES string of the molecule is CN1CCC(Nc2ccc3nnnn3n2)C1c1ccc(F)c(F)c1. The van der Waals surface area contributed by atoms with E-state index >= 15 is 0 Å². The summed E-state index contributed by atoms with van der Waals surface area (Å²) in [5, 5.41) is 18.8. The van der Waals surface area contributed by atoms with Gasteiger partial charge in [-0.15, -0.1) is 14.8 Å². The van der Waals surface area contributed by atoms with Gasteiger partial charge in [0.25, 0.3) is 0 Å². The van der Waals surface area contributed by atoms with Gasteiger partial charge in [-0.3, -0.25) is 4.90 Å². The first-order chi connectivity index (χ1) is 11.6. The molecule has 9 heteroatoms. The van der Waals surface area contributed by atoms with Crippen LogP contribution in [0.15, 0.2) is 30.3 Å². The number of nitrogens with one attached hydrogen (secondary N) is 1. The van der Waals surface area contributed by atoms with E-state index in [0.717, 1.165) is 18.5 Å². The molecule has 24 heavy (non-hydrogen) atoms. The largest absolute Gasteiger partial charge is 0.364 e. The Morgan fingerprint density at radius 1 is 1.17 bits per heavy atom. The summed E-state index contributed by atoms with van der Waals surface area (Å²) in [7, 11) is 1.96. The molecule has 2 unspecified atom stereocenters. The second-order valence-electron chi connectivity index (χ2n) is 5.88. The lowest BCUT2D eigenvalue weighted by Gasteiger charge is -2.26. The lowest BCUT2D eigenvalue weighted by Crippen LogP contribution is -2.29. The second-order valence-corrected chi connectivity index (χ2v) is 5.88. The molecule has 1 aliphatic rings. The topological polar surface area (TPSA) is 71.2 Å². The monoisotopic (exact) mass is 331 g/mol. The van der Waals surface area contributed by atoms with Crippen LogP contribution in [0.4, 0.5) is 14.6 Å². The number of anilines is 1. The van der Waals surface area contributed by atoms with Crippen molar-refractivity contribution in [3.8, 4) is 0 Å². The Bertz CT molecular complexity index is 881. The highest BCUT2D eigenvalue weighted by Crippen LogP contribution is 2.33. The fraction of sp³-hybridized carbons (Fsp3) is 0.333. The van der Waals surface area contributed by atoms with Crippen LogP contribution in [0, 0.1) is 11.6 Å². The molecule has 0 aliphatic carbocycles. The van der Waals surface area contributed by atoms with Crippen LogP contribution in [0.3, 0.4) is 0 Å². The van der Waals surface area contributed by atoms with E-state index in [-0.39, 0.29) is 12.1 Å². The number of likely N-dealkylation sites (tertiary alicyclic amines) is 1. The van der Waals surface area contributed by atoms with Crippen molar-refractivity contribution < 1.29 is 8.78 Å². The number of likely N-dealkylation sites (N-methyl/N-ethyl adjacent to an activating group) is 1. The smallest absolute Gasteiger partial charge is 0.200 e. The first kappa shape index (κ1) is 14.9. The molecule has 4 rings (SSSR count). The summed E-state index contributed by atoms with van der Waals surface area (Å²) in [6, 6.07) is 7.55. The van der Waals surface area contributed by atoms with Gasteiger partial charge in [0.15, 0.2) is 17.3 Å². The Morgan fingerprint density at radius 3 is 2.88 bits per heavy atom. The maximum absolute atomic E-state index is 13.6. The lowest BCUT2D eigenvalue weighted by atomic mass is 10.00. The Morgan fingerprint density at radius 2 is 2.04 bits per heavy atom. The third-order valence-corrected chi connectivity index (χ3v) is 4.34. The van der Waals surface area contributed by atoms with Gasteiger partial charge in [-0.25, -0.2) is 8.78 Å². The van der Waals surface area contributed by atoms with Crippen molar-refractivity contribution in [1.82, 2.24) is 30.2 Å². The van der Waals surface area contributed by atoms with Crippen molar-refractivity contribution >= 4 is 11.5 Å². The molecule has 1 aliphatic heterocycles. The molecule has 3 heterocycles. The Hall–Kier alpha value is -2.68. The average molecular weight is 331 g/mol. The summed E-state index contributed by atoms with van der Waals surface area (Å²) in [6.07, 6.45) is 0.857. The third-order valence-electron chi connectivity index (χ3n) is 4.34. The predicted octanol–water partition coefficient (Wildman–Crippen LogP) is 1.65. The minimum atomic E-state index is -0.838. The summed E-state index contributed by atoms with van der Waals surface area (Å²) in [5.41, 5.74) is 1.29. The van der Waals surface area contributed by atoms with Crippen LogP contribution in [-0.4, -0.2) is 49.8 Å². The van der Waals surface area contributed by atoms with Gasteiger partial charge >= 0.3 is 0 Å². The summed E-state index contributed by atoms with van der Waals surface area (Å²) in [6.45, 7) is 0.842. The molecule has 124 valence electrons. The minimum Gasteiger partial charge on any atom is -0.364 e. The molecule has 2 aromatic heterocycles. The molecule has 1 aromatic carbocycles. The highest BCUT2D eigenvalue weighted by molar-refractivity contribution is 5.43. The van der Waals surface area contributed by atoms with Gasteiger partial charge in [-0.1, -0.05) is 6.07 Å². The predicted molar refractivity (Wildman–Crippen MR) is 82.3 cm³/mol. The second kappa shape index (κ2) is 5.75. The first-order valence-corrected chi connectivity index (χ1v) is 7.59. The van der Waals surface area contributed by atoms with Crippen molar-refractivity contribution in [2.75, 3.05) is 18.9 Å². The standard InChI is InChI=1S/C15H15F2N7/c1-23-7-6-12(15(23)9-2-3-10(16)11(17)8-9)18-13-4-5-14-19-21-22-24(14)20-13/h2-5,8,12,15H,6-7H2,1H3,(H,18,20). The summed E-state index contributed by atoms with van der Waals surface area (Å²) in [5.74, 6) is -1.04. The van der Waals surface area contributed by atoms with Gasteiger partial charge < -0.3 is 5.32 Å². The number of nitrogens with zero attached hydrogens (tertiary/aromatic N) is 6. The lowest BCUT2D eigenvalue weighted by molar-refractivity contribution is 0.307. The van der Waals surface area contributed by atoms with E-state index in [4.69, 9.17) is 0 Å². The number of hydrogen-bond acceptors (Lipinski definition) is 6. The molecule has 0 radical (unpaired) electrons. The van der Waals surface area contributed by atoms with Gasteiger partial charge in [-0.2, -0.15) is 0 Å². The maximum Gasteiger partial charge on any atom is 0.200 e. The highest BCUT2D eigenvalue weighted by atomic mass is 19.2. The number of fused-ring (bicyclic) bond motifs is 1. The molecule has 2 atom stereocenters. The number of tetrazole rings is 1. The summed E-state index contributed by atoms with van der Waals surface area (Å²) < 4.78 is 28.2. The van der Waals surface area contributed by atoms with E-state index in [0.29, 0.717) is 11.5 Å². The van der Waals surface area contributed by atoms with Crippen LogP contribution in [-0.2, 0) is 0 Å². The molecular weight excluding hydrogens is 316 g/mol. The van der Waals surface area contributed by atoms with E-state index in [2.05, 4.69) is 30.8 Å². The van der Waals surface area contributed by atoms with Crippen LogP contribution < -0.4 is 5.32 Å². The Kier molecular flexibility index (Phi) is 3.57. The number of hydrogen-bond donors (Lipinski definition) is 1. The highest BCUT2D eigenvalue weighted by Gasteiger charge is 2.33. The van der Waals surface area contributed by atoms with Crippen LogP contribution in [0.25, 0.3) is 5.65 Å². The van der Waals surface area contributed by atoms with E-state index in [9.17, 15) is 8.78 Å². The fourth-order valence-corrected chi connectivity index (χ4v) is 3.20. The molecule has 0 spiro atoms. The molecule has 1 N–H and O–H groups in total. The zero-order chi connectivity index (χ0) is 16.7. The number of rotatable bonds is 3. The average Bonchev–Trinajstić information content (AvgIpc) is 3.17. The van der Waals surface area contributed by atoms with Crippen LogP contribution in [0.5, 0.6) is 0 Å². The van der Waals surface area contributed by atoms with Crippen LogP contribution in [0.2, 0.25) is 0 Å². The maximum atomic E-state index is 13.6. The molecule has 0 saturated carbocycles. The van der Waals surface area contributed by atoms with Crippen molar-refractivity contribution in [3.63, 3.8) is 0 Å². The van der Waals surface area contributed by atoms with Crippen molar-refractivity contribution in [1.29, 1.82) is 0 Å². The van der Waals surface area contributed by atoms with Crippen LogP contribution in [0.1, 0.15) is 18.0 Å². The summed E-state index contributed by atoms with van der Waals surface area (Å²) >= 11 is 0. The van der Waals surface area contributed by atoms with Gasteiger partial charge in [0.1, 0.15) is 5.82 Å². The van der Waals surface area contributed by atoms with Crippen molar-refractivity contribution in [2.45, 2.75) is 18.5 Å². The van der Waals surface area contributed by atoms with Crippen molar-refractivity contribution in [2.24, 2.45) is 0 Å². The van der Waals surface area contributed by atoms with Gasteiger partial charge in [0.2, 0.25) is 0 Å². The van der Waals surface area contributed by atoms with Gasteiger partial charge in [-0.05, 0) is 53.7 Å². The quantitative estimate of drug-likeness (QED) is 0.787. The van der Waals surface area contributed by atoms with E-state index in [1.165, 1.54) is 16.8 Å². The Balaban J connectivity index is 1.62. The summed E-state index contributed by atoms with van der Waals surface area (Å²) in [4.78, 5) is 2.11. The van der Waals surface area contributed by atoms with E-state index < -0.39 is 11.6 Å². The fourth-order valence-electron chi connectivity index (χ4n) is 3.20. The molecule has 1 saturated heterocycles.